The maximum absolute atomic E-state index is 12.8. The summed E-state index contributed by atoms with van der Waals surface area (Å²) in [7, 11) is 3.40. The number of nitrogens with zero attached hydrogens (tertiary/aromatic N) is 1. The Balaban J connectivity index is 2.37. The van der Waals surface area contributed by atoms with Gasteiger partial charge in [-0.15, -0.1) is 0 Å². The topological polar surface area (TPSA) is 55.8 Å². The number of rotatable bonds is 9. The summed E-state index contributed by atoms with van der Waals surface area (Å²) in [4.78, 5) is 26.3. The van der Waals surface area contributed by atoms with Gasteiger partial charge in [-0.2, -0.15) is 0 Å². The third kappa shape index (κ3) is 6.71. The molecule has 0 atom stereocenters. The molecule has 0 N–H and O–H groups in total. The number of benzene rings is 2. The zero-order chi connectivity index (χ0) is 24.0. The molecule has 0 aliphatic carbocycles. The lowest BCUT2D eigenvalue weighted by Crippen LogP contribution is -2.21. The molecule has 32 heavy (non-hydrogen) atoms. The molecule has 2 rings (SSSR count). The van der Waals surface area contributed by atoms with Gasteiger partial charge in [0.25, 0.3) is 5.91 Å². The van der Waals surface area contributed by atoms with Crippen molar-refractivity contribution in [3.63, 3.8) is 0 Å². The smallest absolute Gasteiger partial charge is 0.253 e. The van der Waals surface area contributed by atoms with Crippen LogP contribution in [0.3, 0.4) is 0 Å². The van der Waals surface area contributed by atoms with E-state index in [2.05, 4.69) is 13.8 Å². The summed E-state index contributed by atoms with van der Waals surface area (Å²) in [6, 6.07) is 10.6. The number of carbonyl (C=O) groups excluding carboxylic acids is 2. The molecule has 0 radical (unpaired) electrons. The van der Waals surface area contributed by atoms with Crippen LogP contribution in [0.5, 0.6) is 11.5 Å². The number of hydrogen-bond acceptors (Lipinski definition) is 4. The SMILES string of the molecule is CC(C)Oc1cc(OC(C)C)c(C(C)C)cc1/C=C/C(=O)c1ccc(C(=O)N(C)C)cc1. The van der Waals surface area contributed by atoms with E-state index in [1.807, 2.05) is 39.8 Å². The molecule has 0 unspecified atom stereocenters. The number of ether oxygens (including phenoxy) is 2. The number of carbonyl (C=O) groups is 2. The van der Waals surface area contributed by atoms with Gasteiger partial charge in [0.1, 0.15) is 11.5 Å². The molecule has 0 spiro atoms. The third-order valence-electron chi connectivity index (χ3n) is 4.73. The predicted octanol–water partition coefficient (Wildman–Crippen LogP) is 5.98. The van der Waals surface area contributed by atoms with E-state index < -0.39 is 0 Å². The van der Waals surface area contributed by atoms with Gasteiger partial charge in [-0.3, -0.25) is 9.59 Å². The number of amides is 1. The summed E-state index contributed by atoms with van der Waals surface area (Å²) in [5.41, 5.74) is 2.96. The van der Waals surface area contributed by atoms with Gasteiger partial charge in [0.05, 0.1) is 12.2 Å². The van der Waals surface area contributed by atoms with Gasteiger partial charge in [0.15, 0.2) is 5.78 Å². The molecule has 0 fully saturated rings. The van der Waals surface area contributed by atoms with E-state index in [1.165, 1.54) is 4.90 Å². The summed E-state index contributed by atoms with van der Waals surface area (Å²) in [6.07, 6.45) is 3.35. The van der Waals surface area contributed by atoms with E-state index in [4.69, 9.17) is 9.47 Å². The molecule has 2 aromatic rings. The Kier molecular flexibility index (Phi) is 8.64. The fourth-order valence-electron chi connectivity index (χ4n) is 3.19. The van der Waals surface area contributed by atoms with Gasteiger partial charge in [0.2, 0.25) is 0 Å². The Morgan fingerprint density at radius 3 is 1.84 bits per heavy atom. The second-order valence-corrected chi connectivity index (χ2v) is 8.89. The molecule has 172 valence electrons. The molecule has 0 aliphatic heterocycles. The molecular formula is C27H35NO4. The number of hydrogen-bond donors (Lipinski definition) is 0. The minimum Gasteiger partial charge on any atom is -0.491 e. The van der Waals surface area contributed by atoms with E-state index in [1.54, 1.807) is 50.5 Å². The van der Waals surface area contributed by atoms with Crippen LogP contribution in [0.1, 0.15) is 79.3 Å². The molecule has 5 nitrogen and oxygen atoms in total. The van der Waals surface area contributed by atoms with Gasteiger partial charge in [-0.05, 0) is 69.5 Å². The Labute approximate surface area is 192 Å². The van der Waals surface area contributed by atoms with Crippen molar-refractivity contribution < 1.29 is 19.1 Å². The highest BCUT2D eigenvalue weighted by Crippen LogP contribution is 2.35. The molecule has 1 amide bonds. The summed E-state index contributed by atoms with van der Waals surface area (Å²) >= 11 is 0. The quantitative estimate of drug-likeness (QED) is 0.358. The lowest BCUT2D eigenvalue weighted by Gasteiger charge is -2.21. The van der Waals surface area contributed by atoms with Crippen LogP contribution >= 0.6 is 0 Å². The molecule has 0 aromatic heterocycles. The molecule has 0 bridgehead atoms. The van der Waals surface area contributed by atoms with Crippen molar-refractivity contribution in [3.05, 3.63) is 64.7 Å². The summed E-state index contributed by atoms with van der Waals surface area (Å²) in [5.74, 6) is 1.49. The monoisotopic (exact) mass is 437 g/mol. The van der Waals surface area contributed by atoms with Crippen LogP contribution < -0.4 is 9.47 Å². The summed E-state index contributed by atoms with van der Waals surface area (Å²) in [6.45, 7) is 12.2. The van der Waals surface area contributed by atoms with Crippen LogP contribution in [0.2, 0.25) is 0 Å². The number of ketones is 1. The first-order valence-electron chi connectivity index (χ1n) is 11.0. The Morgan fingerprint density at radius 1 is 0.812 bits per heavy atom. The van der Waals surface area contributed by atoms with Crippen molar-refractivity contribution in [1.82, 2.24) is 4.90 Å². The Hall–Kier alpha value is -3.08. The van der Waals surface area contributed by atoms with Gasteiger partial charge >= 0.3 is 0 Å². The lowest BCUT2D eigenvalue weighted by atomic mass is 9.98. The van der Waals surface area contributed by atoms with E-state index in [9.17, 15) is 9.59 Å². The predicted molar refractivity (Wildman–Crippen MR) is 130 cm³/mol. The highest BCUT2D eigenvalue weighted by atomic mass is 16.5. The standard InChI is InChI=1S/C27H35NO4/c1-17(2)23-15-22(25(31-18(3)4)16-26(23)32-19(5)6)13-14-24(29)20-9-11-21(12-10-20)27(30)28(7)8/h9-19H,1-8H3/b14-13+. The summed E-state index contributed by atoms with van der Waals surface area (Å²) in [5, 5.41) is 0. The van der Waals surface area contributed by atoms with Crippen LogP contribution in [0, 0.1) is 0 Å². The van der Waals surface area contributed by atoms with E-state index in [0.717, 1.165) is 16.9 Å². The normalized spacial score (nSPS) is 11.5. The van der Waals surface area contributed by atoms with Crippen molar-refractivity contribution in [3.8, 4) is 11.5 Å². The fourth-order valence-corrected chi connectivity index (χ4v) is 3.19. The van der Waals surface area contributed by atoms with Crippen LogP contribution in [-0.4, -0.2) is 42.9 Å². The van der Waals surface area contributed by atoms with Crippen LogP contribution in [0.4, 0.5) is 0 Å². The first-order chi connectivity index (χ1) is 15.0. The lowest BCUT2D eigenvalue weighted by molar-refractivity contribution is 0.0827. The second-order valence-electron chi connectivity index (χ2n) is 8.89. The number of allylic oxidation sites excluding steroid dienone is 1. The average molecular weight is 438 g/mol. The molecule has 5 heteroatoms. The van der Waals surface area contributed by atoms with Crippen molar-refractivity contribution in [2.75, 3.05) is 14.1 Å². The van der Waals surface area contributed by atoms with Gasteiger partial charge < -0.3 is 14.4 Å². The molecule has 0 aliphatic rings. The highest BCUT2D eigenvalue weighted by molar-refractivity contribution is 6.07. The van der Waals surface area contributed by atoms with E-state index in [0.29, 0.717) is 16.9 Å². The maximum atomic E-state index is 12.8. The average Bonchev–Trinajstić information content (AvgIpc) is 2.71. The molecule has 0 saturated heterocycles. The second kappa shape index (κ2) is 11.0. The van der Waals surface area contributed by atoms with Gasteiger partial charge in [-0.1, -0.05) is 26.0 Å². The molecular weight excluding hydrogens is 402 g/mol. The van der Waals surface area contributed by atoms with Gasteiger partial charge in [-0.25, -0.2) is 0 Å². The molecule has 0 saturated carbocycles. The Morgan fingerprint density at radius 2 is 1.34 bits per heavy atom. The van der Waals surface area contributed by atoms with E-state index in [-0.39, 0.29) is 29.8 Å². The van der Waals surface area contributed by atoms with Crippen LogP contribution in [0.15, 0.2) is 42.5 Å². The highest BCUT2D eigenvalue weighted by Gasteiger charge is 2.16. The first-order valence-corrected chi connectivity index (χ1v) is 11.0. The Bertz CT molecular complexity index is 970. The molecule has 2 aromatic carbocycles. The van der Waals surface area contributed by atoms with E-state index >= 15 is 0 Å². The van der Waals surface area contributed by atoms with Crippen molar-refractivity contribution in [1.29, 1.82) is 0 Å². The largest absolute Gasteiger partial charge is 0.491 e. The zero-order valence-corrected chi connectivity index (χ0v) is 20.4. The van der Waals surface area contributed by atoms with Crippen molar-refractivity contribution >= 4 is 17.8 Å². The maximum Gasteiger partial charge on any atom is 0.253 e. The van der Waals surface area contributed by atoms with Gasteiger partial charge in [0, 0.05) is 36.9 Å². The van der Waals surface area contributed by atoms with Crippen LogP contribution in [-0.2, 0) is 0 Å². The fraction of sp³-hybridized carbons (Fsp3) is 0.407. The van der Waals surface area contributed by atoms with Crippen LogP contribution in [0.25, 0.3) is 6.08 Å². The minimum atomic E-state index is -0.141. The summed E-state index contributed by atoms with van der Waals surface area (Å²) < 4.78 is 12.0. The van der Waals surface area contributed by atoms with Crippen molar-refractivity contribution in [2.24, 2.45) is 0 Å². The first kappa shape index (κ1) is 25.2. The zero-order valence-electron chi connectivity index (χ0n) is 20.4. The minimum absolute atomic E-state index is 0.0172. The third-order valence-corrected chi connectivity index (χ3v) is 4.73. The van der Waals surface area contributed by atoms with Crippen molar-refractivity contribution in [2.45, 2.75) is 59.7 Å². The molecule has 0 heterocycles.